The van der Waals surface area contributed by atoms with Crippen LogP contribution in [0.15, 0.2) is 60.7 Å². The van der Waals surface area contributed by atoms with Gasteiger partial charge in [0.15, 0.2) is 0 Å². The summed E-state index contributed by atoms with van der Waals surface area (Å²) in [4.78, 5) is 23.4. The van der Waals surface area contributed by atoms with Crippen LogP contribution in [-0.4, -0.2) is 27.3 Å². The van der Waals surface area contributed by atoms with Crippen molar-refractivity contribution in [1.29, 1.82) is 0 Å². The molecule has 0 saturated heterocycles. The summed E-state index contributed by atoms with van der Waals surface area (Å²) in [5.74, 6) is -0.146. The van der Waals surface area contributed by atoms with E-state index in [1.807, 2.05) is 37.3 Å². The minimum Gasteiger partial charge on any atom is -0.350 e. The molecule has 1 N–H and O–H groups in total. The van der Waals surface area contributed by atoms with Crippen molar-refractivity contribution in [3.8, 4) is 0 Å². The normalized spacial score (nSPS) is 10.5. The third-order valence-corrected chi connectivity index (χ3v) is 4.35. The fourth-order valence-electron chi connectivity index (χ4n) is 2.87. The van der Waals surface area contributed by atoms with E-state index in [1.165, 1.54) is 6.07 Å². The number of carbonyl (C=O) groups excluding carboxylic acids is 1. The third kappa shape index (κ3) is 4.91. The SMILES string of the molecule is CCN(Cc1ccccc1)C(=O)c1cc(C)nc(NCc2ccccc2F)n1. The molecule has 0 radical (unpaired) electrons. The minimum atomic E-state index is -0.293. The van der Waals surface area contributed by atoms with Crippen molar-refractivity contribution in [3.05, 3.63) is 89.0 Å². The van der Waals surface area contributed by atoms with E-state index in [2.05, 4.69) is 15.3 Å². The molecule has 0 aliphatic carbocycles. The van der Waals surface area contributed by atoms with Crippen LogP contribution in [0.5, 0.6) is 0 Å². The topological polar surface area (TPSA) is 58.1 Å². The number of hydrogen-bond donors (Lipinski definition) is 1. The van der Waals surface area contributed by atoms with Gasteiger partial charge in [-0.3, -0.25) is 4.79 Å². The Hall–Kier alpha value is -3.28. The Morgan fingerprint density at radius 2 is 1.79 bits per heavy atom. The first-order valence-electron chi connectivity index (χ1n) is 9.23. The van der Waals surface area contributed by atoms with E-state index >= 15 is 0 Å². The van der Waals surface area contributed by atoms with Gasteiger partial charge in [-0.1, -0.05) is 48.5 Å². The molecule has 0 aliphatic heterocycles. The molecule has 0 aliphatic rings. The van der Waals surface area contributed by atoms with Crippen molar-refractivity contribution in [2.45, 2.75) is 26.9 Å². The zero-order valence-electron chi connectivity index (χ0n) is 16.0. The van der Waals surface area contributed by atoms with Crippen molar-refractivity contribution >= 4 is 11.9 Å². The zero-order chi connectivity index (χ0) is 19.9. The number of nitrogens with zero attached hydrogens (tertiary/aromatic N) is 3. The highest BCUT2D eigenvalue weighted by Gasteiger charge is 2.18. The van der Waals surface area contributed by atoms with E-state index in [9.17, 15) is 9.18 Å². The molecular formula is C22H23FN4O. The molecule has 3 rings (SSSR count). The molecule has 0 unspecified atom stereocenters. The maximum Gasteiger partial charge on any atom is 0.272 e. The average Bonchev–Trinajstić information content (AvgIpc) is 2.71. The predicted molar refractivity (Wildman–Crippen MR) is 107 cm³/mol. The summed E-state index contributed by atoms with van der Waals surface area (Å²) in [5, 5.41) is 3.01. The first-order valence-corrected chi connectivity index (χ1v) is 9.23. The second-order valence-electron chi connectivity index (χ2n) is 6.47. The number of aromatic nitrogens is 2. The van der Waals surface area contributed by atoms with Gasteiger partial charge in [-0.2, -0.15) is 0 Å². The van der Waals surface area contributed by atoms with E-state index in [-0.39, 0.29) is 18.3 Å². The lowest BCUT2D eigenvalue weighted by molar-refractivity contribution is 0.0746. The van der Waals surface area contributed by atoms with Crippen molar-refractivity contribution in [1.82, 2.24) is 14.9 Å². The van der Waals surface area contributed by atoms with Crippen LogP contribution in [0.1, 0.15) is 34.2 Å². The maximum absolute atomic E-state index is 13.8. The van der Waals surface area contributed by atoms with Crippen molar-refractivity contribution in [2.75, 3.05) is 11.9 Å². The van der Waals surface area contributed by atoms with Crippen LogP contribution in [0.25, 0.3) is 0 Å². The first kappa shape index (κ1) is 19.5. The molecule has 144 valence electrons. The number of nitrogens with one attached hydrogen (secondary N) is 1. The molecule has 2 aromatic carbocycles. The Labute approximate surface area is 164 Å². The number of hydrogen-bond acceptors (Lipinski definition) is 4. The molecule has 0 atom stereocenters. The number of halogens is 1. The number of amides is 1. The highest BCUT2D eigenvalue weighted by molar-refractivity contribution is 5.92. The highest BCUT2D eigenvalue weighted by atomic mass is 19.1. The predicted octanol–water partition coefficient (Wildman–Crippen LogP) is 4.20. The number of benzene rings is 2. The summed E-state index contributed by atoms with van der Waals surface area (Å²) in [6, 6.07) is 18.0. The van der Waals surface area contributed by atoms with Gasteiger partial charge in [0.05, 0.1) is 0 Å². The maximum atomic E-state index is 13.8. The number of aryl methyl sites for hydroxylation is 1. The van der Waals surface area contributed by atoms with Crippen molar-refractivity contribution in [2.24, 2.45) is 0 Å². The van der Waals surface area contributed by atoms with Gasteiger partial charge in [-0.15, -0.1) is 0 Å². The fraction of sp³-hybridized carbons (Fsp3) is 0.227. The van der Waals surface area contributed by atoms with Gasteiger partial charge in [-0.05, 0) is 31.5 Å². The molecule has 0 spiro atoms. The Morgan fingerprint density at radius 3 is 2.50 bits per heavy atom. The van der Waals surface area contributed by atoms with Crippen LogP contribution in [-0.2, 0) is 13.1 Å². The van der Waals surface area contributed by atoms with E-state index in [0.29, 0.717) is 36.0 Å². The Kier molecular flexibility index (Phi) is 6.32. The van der Waals surface area contributed by atoms with Gasteiger partial charge < -0.3 is 10.2 Å². The van der Waals surface area contributed by atoms with Gasteiger partial charge in [0.25, 0.3) is 5.91 Å². The van der Waals surface area contributed by atoms with E-state index < -0.39 is 0 Å². The Bertz CT molecular complexity index is 946. The molecule has 6 heteroatoms. The van der Waals surface area contributed by atoms with Crippen LogP contribution in [0.2, 0.25) is 0 Å². The zero-order valence-corrected chi connectivity index (χ0v) is 16.0. The lowest BCUT2D eigenvalue weighted by Crippen LogP contribution is -2.31. The molecule has 28 heavy (non-hydrogen) atoms. The molecule has 3 aromatic rings. The summed E-state index contributed by atoms with van der Waals surface area (Å²) < 4.78 is 13.8. The van der Waals surface area contributed by atoms with Crippen molar-refractivity contribution in [3.63, 3.8) is 0 Å². The standard InChI is InChI=1S/C22H23FN4O/c1-3-27(15-17-9-5-4-6-10-17)21(28)20-13-16(2)25-22(26-20)24-14-18-11-7-8-12-19(18)23/h4-13H,3,14-15H2,1-2H3,(H,24,25,26). The summed E-state index contributed by atoms with van der Waals surface area (Å²) in [5.41, 5.74) is 2.56. The number of rotatable bonds is 7. The highest BCUT2D eigenvalue weighted by Crippen LogP contribution is 2.13. The second-order valence-corrected chi connectivity index (χ2v) is 6.47. The van der Waals surface area contributed by atoms with Gasteiger partial charge in [0, 0.05) is 30.9 Å². The van der Waals surface area contributed by atoms with Crippen LogP contribution in [0.3, 0.4) is 0 Å². The third-order valence-electron chi connectivity index (χ3n) is 4.35. The van der Waals surface area contributed by atoms with Crippen LogP contribution < -0.4 is 5.32 Å². The Balaban J connectivity index is 1.75. The van der Waals surface area contributed by atoms with Crippen LogP contribution in [0.4, 0.5) is 10.3 Å². The summed E-state index contributed by atoms with van der Waals surface area (Å²) >= 11 is 0. The summed E-state index contributed by atoms with van der Waals surface area (Å²) in [7, 11) is 0. The van der Waals surface area contributed by atoms with Gasteiger partial charge in [0.1, 0.15) is 11.5 Å². The average molecular weight is 378 g/mol. The molecule has 1 heterocycles. The smallest absolute Gasteiger partial charge is 0.272 e. The van der Waals surface area contributed by atoms with Crippen molar-refractivity contribution < 1.29 is 9.18 Å². The first-order chi connectivity index (χ1) is 13.6. The second kappa shape index (κ2) is 9.08. The molecule has 5 nitrogen and oxygen atoms in total. The fourth-order valence-corrected chi connectivity index (χ4v) is 2.87. The molecule has 0 fully saturated rings. The minimum absolute atomic E-state index is 0.161. The van der Waals surface area contributed by atoms with Crippen LogP contribution >= 0.6 is 0 Å². The number of carbonyl (C=O) groups is 1. The Morgan fingerprint density at radius 1 is 1.07 bits per heavy atom. The van der Waals surface area contributed by atoms with Crippen LogP contribution in [0, 0.1) is 12.7 Å². The molecule has 1 amide bonds. The number of anilines is 1. The lowest BCUT2D eigenvalue weighted by Gasteiger charge is -2.21. The monoisotopic (exact) mass is 378 g/mol. The van der Waals surface area contributed by atoms with Gasteiger partial charge >= 0.3 is 0 Å². The largest absolute Gasteiger partial charge is 0.350 e. The summed E-state index contributed by atoms with van der Waals surface area (Å²) in [6.07, 6.45) is 0. The van der Waals surface area contributed by atoms with E-state index in [4.69, 9.17) is 0 Å². The van der Waals surface area contributed by atoms with Gasteiger partial charge in [-0.25, -0.2) is 14.4 Å². The molecule has 0 saturated carbocycles. The molecule has 0 bridgehead atoms. The van der Waals surface area contributed by atoms with E-state index in [0.717, 1.165) is 5.56 Å². The lowest BCUT2D eigenvalue weighted by atomic mass is 10.2. The quantitative estimate of drug-likeness (QED) is 0.669. The van der Waals surface area contributed by atoms with E-state index in [1.54, 1.807) is 36.1 Å². The molecule has 1 aromatic heterocycles. The molecular weight excluding hydrogens is 355 g/mol. The summed E-state index contributed by atoms with van der Waals surface area (Å²) in [6.45, 7) is 5.06. The van der Waals surface area contributed by atoms with Gasteiger partial charge in [0.2, 0.25) is 5.95 Å².